The number of pyridine rings is 1. The van der Waals surface area contributed by atoms with Gasteiger partial charge in [0.1, 0.15) is 12.3 Å². The molecular weight excluding hydrogens is 376 g/mol. The van der Waals surface area contributed by atoms with Crippen LogP contribution >= 0.6 is 0 Å². The van der Waals surface area contributed by atoms with Gasteiger partial charge in [-0.1, -0.05) is 54.6 Å². The van der Waals surface area contributed by atoms with E-state index in [1.165, 1.54) is 0 Å². The first kappa shape index (κ1) is 18.8. The summed E-state index contributed by atoms with van der Waals surface area (Å²) in [6, 6.07) is 21.5. The lowest BCUT2D eigenvalue weighted by molar-refractivity contribution is 0.0483. The van der Waals surface area contributed by atoms with E-state index >= 15 is 0 Å². The molecule has 5 nitrogen and oxygen atoms in total. The Hall–Kier alpha value is -3.21. The van der Waals surface area contributed by atoms with Gasteiger partial charge in [0, 0.05) is 23.4 Å². The lowest BCUT2D eigenvalue weighted by Gasteiger charge is -2.37. The third-order valence-electron chi connectivity index (χ3n) is 6.37. The molecule has 5 rings (SSSR count). The highest BCUT2D eigenvalue weighted by atomic mass is 16.6. The van der Waals surface area contributed by atoms with E-state index in [1.54, 1.807) is 0 Å². The van der Waals surface area contributed by atoms with Crippen molar-refractivity contribution in [3.8, 4) is 0 Å². The number of aromatic nitrogens is 1. The first-order chi connectivity index (χ1) is 14.7. The summed E-state index contributed by atoms with van der Waals surface area (Å²) in [6.07, 6.45) is 2.97. The summed E-state index contributed by atoms with van der Waals surface area (Å²) in [4.78, 5) is 32.3. The van der Waals surface area contributed by atoms with Crippen LogP contribution in [0.15, 0.2) is 66.7 Å². The molecule has 3 heterocycles. The van der Waals surface area contributed by atoms with Crippen LogP contribution in [0.5, 0.6) is 0 Å². The number of para-hydroxylation sites is 1. The first-order valence-electron chi connectivity index (χ1n) is 10.6. The van der Waals surface area contributed by atoms with E-state index in [2.05, 4.69) is 4.98 Å². The normalized spacial score (nSPS) is 22.8. The van der Waals surface area contributed by atoms with Crippen LogP contribution in [0.3, 0.4) is 0 Å². The van der Waals surface area contributed by atoms with Crippen molar-refractivity contribution >= 4 is 22.8 Å². The lowest BCUT2D eigenvalue weighted by atomic mass is 9.86. The van der Waals surface area contributed by atoms with Gasteiger partial charge in [-0.2, -0.15) is 0 Å². The molecule has 0 saturated carbocycles. The fourth-order valence-electron chi connectivity index (χ4n) is 4.90. The number of carbonyl (C=O) groups excluding carboxylic acids is 2. The predicted octanol–water partition coefficient (Wildman–Crippen LogP) is 5.00. The highest BCUT2D eigenvalue weighted by molar-refractivity contribution is 5.98. The minimum atomic E-state index is -0.263. The Morgan fingerprint density at radius 2 is 1.60 bits per heavy atom. The van der Waals surface area contributed by atoms with Crippen molar-refractivity contribution in [1.29, 1.82) is 0 Å². The average molecular weight is 400 g/mol. The van der Waals surface area contributed by atoms with Crippen molar-refractivity contribution in [1.82, 2.24) is 9.88 Å². The second kappa shape index (κ2) is 7.90. The highest BCUT2D eigenvalue weighted by Crippen LogP contribution is 2.40. The van der Waals surface area contributed by atoms with Crippen LogP contribution in [0.1, 0.15) is 41.7 Å². The van der Waals surface area contributed by atoms with Crippen molar-refractivity contribution in [3.05, 3.63) is 78.0 Å². The van der Waals surface area contributed by atoms with Crippen LogP contribution in [0.25, 0.3) is 10.9 Å². The van der Waals surface area contributed by atoms with E-state index in [0.29, 0.717) is 18.5 Å². The largest absolute Gasteiger partial charge is 0.445 e. The van der Waals surface area contributed by atoms with Crippen molar-refractivity contribution < 1.29 is 14.3 Å². The SMILES string of the molecule is O=C(c1ccc2ccccc2n1)C1CC2CCC(C1)N2C(=O)OCc1ccccc1. The molecule has 3 aromatic rings. The van der Waals surface area contributed by atoms with Crippen LogP contribution in [0, 0.1) is 5.92 Å². The minimum absolute atomic E-state index is 0.0708. The number of benzene rings is 2. The van der Waals surface area contributed by atoms with Crippen molar-refractivity contribution in [2.24, 2.45) is 5.92 Å². The quantitative estimate of drug-likeness (QED) is 0.579. The predicted molar refractivity (Wildman–Crippen MR) is 114 cm³/mol. The summed E-state index contributed by atoms with van der Waals surface area (Å²) in [7, 11) is 0. The molecule has 30 heavy (non-hydrogen) atoms. The molecule has 152 valence electrons. The molecule has 0 radical (unpaired) electrons. The van der Waals surface area contributed by atoms with E-state index < -0.39 is 0 Å². The summed E-state index contributed by atoms with van der Waals surface area (Å²) in [5.74, 6) is 0.00397. The monoisotopic (exact) mass is 400 g/mol. The number of rotatable bonds is 4. The Labute approximate surface area is 175 Å². The fourth-order valence-corrected chi connectivity index (χ4v) is 4.90. The van der Waals surface area contributed by atoms with Gasteiger partial charge in [0.2, 0.25) is 0 Å². The molecule has 2 aliphatic rings. The maximum atomic E-state index is 13.2. The van der Waals surface area contributed by atoms with E-state index in [-0.39, 0.29) is 36.5 Å². The maximum Gasteiger partial charge on any atom is 0.410 e. The number of hydrogen-bond donors (Lipinski definition) is 0. The van der Waals surface area contributed by atoms with Crippen LogP contribution in [0.4, 0.5) is 4.79 Å². The third kappa shape index (κ3) is 3.56. The third-order valence-corrected chi connectivity index (χ3v) is 6.37. The molecule has 1 amide bonds. The van der Waals surface area contributed by atoms with Gasteiger partial charge in [0.05, 0.1) is 5.52 Å². The Kier molecular flexibility index (Phi) is 4.95. The zero-order chi connectivity index (χ0) is 20.5. The number of fused-ring (bicyclic) bond motifs is 3. The van der Waals surface area contributed by atoms with Crippen LogP contribution in [-0.2, 0) is 11.3 Å². The van der Waals surface area contributed by atoms with Crippen LogP contribution < -0.4 is 0 Å². The molecule has 2 unspecified atom stereocenters. The highest BCUT2D eigenvalue weighted by Gasteiger charge is 2.46. The molecule has 1 aromatic heterocycles. The number of amides is 1. The molecule has 0 spiro atoms. The van der Waals surface area contributed by atoms with Crippen LogP contribution in [0.2, 0.25) is 0 Å². The minimum Gasteiger partial charge on any atom is -0.445 e. The van der Waals surface area contributed by atoms with Crippen molar-refractivity contribution in [2.75, 3.05) is 0 Å². The first-order valence-corrected chi connectivity index (χ1v) is 10.6. The Morgan fingerprint density at radius 1 is 0.900 bits per heavy atom. The Balaban J connectivity index is 1.26. The van der Waals surface area contributed by atoms with Gasteiger partial charge in [-0.3, -0.25) is 4.79 Å². The maximum absolute atomic E-state index is 13.2. The van der Waals surface area contributed by atoms with Gasteiger partial charge in [-0.25, -0.2) is 9.78 Å². The van der Waals surface area contributed by atoms with Gasteiger partial charge < -0.3 is 9.64 Å². The molecular formula is C25H24N2O3. The molecule has 0 N–H and O–H groups in total. The molecule has 2 bridgehead atoms. The zero-order valence-electron chi connectivity index (χ0n) is 16.7. The zero-order valence-corrected chi connectivity index (χ0v) is 16.7. The van der Waals surface area contributed by atoms with Gasteiger partial charge in [-0.15, -0.1) is 0 Å². The van der Waals surface area contributed by atoms with Gasteiger partial charge in [-0.05, 0) is 43.4 Å². The molecule has 5 heteroatoms. The smallest absolute Gasteiger partial charge is 0.410 e. The molecule has 2 aliphatic heterocycles. The molecule has 2 aromatic carbocycles. The van der Waals surface area contributed by atoms with Crippen molar-refractivity contribution in [3.63, 3.8) is 0 Å². The second-order valence-electron chi connectivity index (χ2n) is 8.25. The molecule has 2 atom stereocenters. The number of ether oxygens (including phenoxy) is 1. The van der Waals surface area contributed by atoms with E-state index in [4.69, 9.17) is 4.74 Å². The average Bonchev–Trinajstić information content (AvgIpc) is 3.06. The molecule has 2 saturated heterocycles. The molecule has 2 fully saturated rings. The number of Topliss-reactive ketones (excluding diaryl/α,β-unsaturated/α-hetero) is 1. The number of nitrogens with zero attached hydrogens (tertiary/aromatic N) is 2. The van der Waals surface area contributed by atoms with Gasteiger partial charge in [0.25, 0.3) is 0 Å². The summed E-state index contributed by atoms with van der Waals surface area (Å²) >= 11 is 0. The summed E-state index contributed by atoms with van der Waals surface area (Å²) in [6.45, 7) is 0.277. The van der Waals surface area contributed by atoms with Crippen molar-refractivity contribution in [2.45, 2.75) is 44.4 Å². The van der Waals surface area contributed by atoms with Gasteiger partial charge in [0.15, 0.2) is 5.78 Å². The summed E-state index contributed by atoms with van der Waals surface area (Å²) < 4.78 is 5.57. The van der Waals surface area contributed by atoms with E-state index in [9.17, 15) is 9.59 Å². The topological polar surface area (TPSA) is 59.5 Å². The number of ketones is 1. The van der Waals surface area contributed by atoms with E-state index in [1.807, 2.05) is 71.6 Å². The van der Waals surface area contributed by atoms with Crippen LogP contribution in [-0.4, -0.2) is 33.8 Å². The van der Waals surface area contributed by atoms with E-state index in [0.717, 1.165) is 29.3 Å². The standard InChI is InChI=1S/C25H24N2O3/c28-24(23-13-10-18-8-4-5-9-22(18)26-23)19-14-20-11-12-21(15-19)27(20)25(29)30-16-17-6-2-1-3-7-17/h1-10,13,19-21H,11-12,14-16H2. The lowest BCUT2D eigenvalue weighted by Crippen LogP contribution is -2.48. The second-order valence-corrected chi connectivity index (χ2v) is 8.25. The Bertz CT molecular complexity index is 1070. The Morgan fingerprint density at radius 3 is 2.37 bits per heavy atom. The summed E-state index contributed by atoms with van der Waals surface area (Å²) in [5.41, 5.74) is 2.34. The molecule has 0 aliphatic carbocycles. The number of piperidine rings is 1. The number of hydrogen-bond acceptors (Lipinski definition) is 4. The summed E-state index contributed by atoms with van der Waals surface area (Å²) in [5, 5.41) is 1.03. The fraction of sp³-hybridized carbons (Fsp3) is 0.320. The van der Waals surface area contributed by atoms with Gasteiger partial charge >= 0.3 is 6.09 Å². The number of carbonyl (C=O) groups is 2.